The summed E-state index contributed by atoms with van der Waals surface area (Å²) in [6.07, 6.45) is 15.5. The van der Waals surface area contributed by atoms with E-state index in [0.29, 0.717) is 11.8 Å². The van der Waals surface area contributed by atoms with Gasteiger partial charge < -0.3 is 9.84 Å². The SMILES string of the molecule is CCCCCCCCC1[C@@H](CCCC2=CCC(C(=O)OC(C)C)S2)C(Cl)C[C@H]1O. The molecule has 3 nitrogen and oxygen atoms in total. The van der Waals surface area contributed by atoms with Crippen molar-refractivity contribution >= 4 is 29.3 Å². The number of allylic oxidation sites excluding steroid dienone is 2. The molecule has 1 aliphatic carbocycles. The van der Waals surface area contributed by atoms with Crippen molar-refractivity contribution in [3.05, 3.63) is 11.0 Å². The number of ether oxygens (including phenoxy) is 1. The lowest BCUT2D eigenvalue weighted by atomic mass is 9.86. The number of carbonyl (C=O) groups excluding carboxylic acids is 1. The smallest absolute Gasteiger partial charge is 0.319 e. The van der Waals surface area contributed by atoms with Gasteiger partial charge in [0.05, 0.1) is 12.2 Å². The van der Waals surface area contributed by atoms with Crippen LogP contribution in [0.5, 0.6) is 0 Å². The number of halogens is 1. The van der Waals surface area contributed by atoms with Crippen molar-refractivity contribution in [1.82, 2.24) is 0 Å². The van der Waals surface area contributed by atoms with Crippen LogP contribution in [0.1, 0.15) is 97.8 Å². The first-order valence-electron chi connectivity index (χ1n) is 11.8. The van der Waals surface area contributed by atoms with E-state index in [9.17, 15) is 9.90 Å². The monoisotopic (exact) mass is 444 g/mol. The number of hydrogen-bond donors (Lipinski definition) is 1. The third-order valence-corrected chi connectivity index (χ3v) is 8.14. The van der Waals surface area contributed by atoms with Crippen LogP contribution in [0.25, 0.3) is 0 Å². The van der Waals surface area contributed by atoms with E-state index >= 15 is 0 Å². The molecule has 1 N–H and O–H groups in total. The van der Waals surface area contributed by atoms with E-state index in [-0.39, 0.29) is 28.8 Å². The summed E-state index contributed by atoms with van der Waals surface area (Å²) in [7, 11) is 0. The molecule has 1 fully saturated rings. The Morgan fingerprint density at radius 2 is 1.86 bits per heavy atom. The number of aliphatic hydroxyl groups is 1. The molecule has 0 amide bonds. The van der Waals surface area contributed by atoms with Gasteiger partial charge in [0.2, 0.25) is 0 Å². The number of unbranched alkanes of at least 4 members (excludes halogenated alkanes) is 5. The van der Waals surface area contributed by atoms with Crippen molar-refractivity contribution in [2.45, 2.75) is 121 Å². The Kier molecular flexibility index (Phi) is 11.5. The maximum absolute atomic E-state index is 12.1. The second kappa shape index (κ2) is 13.3. The summed E-state index contributed by atoms with van der Waals surface area (Å²) in [5, 5.41) is 10.5. The van der Waals surface area contributed by atoms with Gasteiger partial charge in [0.25, 0.3) is 0 Å². The standard InChI is InChI=1S/C24H41ClO3S/c1-4-5-6-7-8-9-12-20-19(21(25)16-22(20)26)13-10-11-18-14-15-23(29-18)24(27)28-17(2)3/h14,17,19-23,26H,4-13,15-16H2,1-3H3/t19-,20?,21?,22-,23?/m1/s1. The highest BCUT2D eigenvalue weighted by Crippen LogP contribution is 2.43. The molecule has 5 heteroatoms. The summed E-state index contributed by atoms with van der Waals surface area (Å²) in [5.41, 5.74) is 0. The second-order valence-electron chi connectivity index (χ2n) is 9.09. The fourth-order valence-corrected chi connectivity index (χ4v) is 6.40. The normalized spacial score (nSPS) is 29.4. The quantitative estimate of drug-likeness (QED) is 0.191. The van der Waals surface area contributed by atoms with Crippen LogP contribution in [0, 0.1) is 11.8 Å². The highest BCUT2D eigenvalue weighted by Gasteiger charge is 2.40. The number of hydrogen-bond acceptors (Lipinski definition) is 4. The molecule has 1 heterocycles. The van der Waals surface area contributed by atoms with Crippen LogP contribution >= 0.6 is 23.4 Å². The van der Waals surface area contributed by atoms with Crippen LogP contribution in [0.4, 0.5) is 0 Å². The number of rotatable bonds is 13. The molecule has 29 heavy (non-hydrogen) atoms. The first-order chi connectivity index (χ1) is 13.9. The van der Waals surface area contributed by atoms with Gasteiger partial charge in [-0.1, -0.05) is 51.5 Å². The number of alkyl halides is 1. The predicted octanol–water partition coefficient (Wildman–Crippen LogP) is 6.85. The van der Waals surface area contributed by atoms with Crippen molar-refractivity contribution in [3.63, 3.8) is 0 Å². The Hall–Kier alpha value is -0.190. The van der Waals surface area contributed by atoms with Gasteiger partial charge in [-0.3, -0.25) is 4.79 Å². The second-order valence-corrected chi connectivity index (χ2v) is 11.0. The summed E-state index contributed by atoms with van der Waals surface area (Å²) >= 11 is 8.29. The molecule has 1 aliphatic heterocycles. The minimum Gasteiger partial charge on any atom is -0.462 e. The van der Waals surface area contributed by atoms with Gasteiger partial charge in [-0.15, -0.1) is 23.4 Å². The molecule has 3 unspecified atom stereocenters. The van der Waals surface area contributed by atoms with Gasteiger partial charge in [-0.05, 0) is 69.1 Å². The Bertz CT molecular complexity index is 522. The Labute approximate surface area is 187 Å². The molecule has 2 rings (SSSR count). The van der Waals surface area contributed by atoms with E-state index in [1.165, 1.54) is 43.4 Å². The average Bonchev–Trinajstić information content (AvgIpc) is 3.23. The fourth-order valence-electron chi connectivity index (χ4n) is 4.74. The summed E-state index contributed by atoms with van der Waals surface area (Å²) in [6.45, 7) is 6.04. The molecular weight excluding hydrogens is 404 g/mol. The van der Waals surface area contributed by atoms with Crippen LogP contribution in [0.15, 0.2) is 11.0 Å². The molecular formula is C24H41ClO3S. The van der Waals surface area contributed by atoms with Crippen LogP contribution in [0.2, 0.25) is 0 Å². The van der Waals surface area contributed by atoms with E-state index in [0.717, 1.165) is 38.5 Å². The molecule has 5 atom stereocenters. The Balaban J connectivity index is 1.69. The lowest BCUT2D eigenvalue weighted by molar-refractivity contribution is -0.146. The first kappa shape index (κ1) is 25.1. The topological polar surface area (TPSA) is 46.5 Å². The zero-order valence-corrected chi connectivity index (χ0v) is 20.1. The van der Waals surface area contributed by atoms with Crippen LogP contribution in [0.3, 0.4) is 0 Å². The largest absolute Gasteiger partial charge is 0.462 e. The number of thioether (sulfide) groups is 1. The molecule has 2 aliphatic rings. The zero-order chi connectivity index (χ0) is 21.2. The molecule has 0 radical (unpaired) electrons. The maximum atomic E-state index is 12.1. The molecule has 0 aromatic carbocycles. The van der Waals surface area contributed by atoms with Gasteiger partial charge >= 0.3 is 5.97 Å². The van der Waals surface area contributed by atoms with E-state index in [1.807, 2.05) is 13.8 Å². The lowest BCUT2D eigenvalue weighted by Crippen LogP contribution is -2.21. The maximum Gasteiger partial charge on any atom is 0.319 e. The van der Waals surface area contributed by atoms with Crippen molar-refractivity contribution < 1.29 is 14.6 Å². The van der Waals surface area contributed by atoms with Gasteiger partial charge in [-0.25, -0.2) is 0 Å². The summed E-state index contributed by atoms with van der Waals surface area (Å²) in [6, 6.07) is 0. The highest BCUT2D eigenvalue weighted by atomic mass is 35.5. The summed E-state index contributed by atoms with van der Waals surface area (Å²) in [5.74, 6) is 0.702. The van der Waals surface area contributed by atoms with Crippen molar-refractivity contribution in [2.24, 2.45) is 11.8 Å². The van der Waals surface area contributed by atoms with E-state index in [1.54, 1.807) is 11.8 Å². The highest BCUT2D eigenvalue weighted by molar-refractivity contribution is 8.04. The van der Waals surface area contributed by atoms with Gasteiger partial charge in [-0.2, -0.15) is 0 Å². The molecule has 1 saturated carbocycles. The van der Waals surface area contributed by atoms with E-state index in [4.69, 9.17) is 16.3 Å². The first-order valence-corrected chi connectivity index (χ1v) is 13.1. The molecule has 0 aromatic heterocycles. The van der Waals surface area contributed by atoms with Crippen molar-refractivity contribution in [2.75, 3.05) is 0 Å². The van der Waals surface area contributed by atoms with Crippen LogP contribution in [-0.4, -0.2) is 33.9 Å². The Morgan fingerprint density at radius 1 is 1.17 bits per heavy atom. The van der Waals surface area contributed by atoms with E-state index in [2.05, 4.69) is 13.0 Å². The third kappa shape index (κ3) is 8.45. The minimum absolute atomic E-state index is 0.0508. The molecule has 0 bridgehead atoms. The fraction of sp³-hybridized carbons (Fsp3) is 0.875. The number of esters is 1. The lowest BCUT2D eigenvalue weighted by Gasteiger charge is -2.23. The minimum atomic E-state index is -0.228. The average molecular weight is 445 g/mol. The molecule has 0 saturated heterocycles. The van der Waals surface area contributed by atoms with Crippen molar-refractivity contribution in [1.29, 1.82) is 0 Å². The number of carbonyl (C=O) groups is 1. The molecule has 0 aromatic rings. The molecule has 168 valence electrons. The number of aliphatic hydroxyl groups excluding tert-OH is 1. The van der Waals surface area contributed by atoms with Crippen LogP contribution in [-0.2, 0) is 9.53 Å². The van der Waals surface area contributed by atoms with Gasteiger partial charge in [0, 0.05) is 5.38 Å². The molecule has 0 spiro atoms. The van der Waals surface area contributed by atoms with Crippen molar-refractivity contribution in [3.8, 4) is 0 Å². The van der Waals surface area contributed by atoms with E-state index < -0.39 is 0 Å². The van der Waals surface area contributed by atoms with Crippen LogP contribution < -0.4 is 0 Å². The Morgan fingerprint density at radius 3 is 2.59 bits per heavy atom. The predicted molar refractivity (Wildman–Crippen MR) is 124 cm³/mol. The van der Waals surface area contributed by atoms with Gasteiger partial charge in [0.1, 0.15) is 5.25 Å². The zero-order valence-electron chi connectivity index (χ0n) is 18.6. The third-order valence-electron chi connectivity index (χ3n) is 6.30. The van der Waals surface area contributed by atoms with Gasteiger partial charge in [0.15, 0.2) is 0 Å². The summed E-state index contributed by atoms with van der Waals surface area (Å²) in [4.78, 5) is 13.4. The summed E-state index contributed by atoms with van der Waals surface area (Å²) < 4.78 is 5.34.